The molecule has 138 valence electrons. The molecule has 0 saturated carbocycles. The summed E-state index contributed by atoms with van der Waals surface area (Å²) in [4.78, 5) is 25.3. The third-order valence-corrected chi connectivity index (χ3v) is 3.86. The molecule has 0 aliphatic carbocycles. The number of hydrogen-bond donors (Lipinski definition) is 2. The number of alkyl halides is 3. The summed E-state index contributed by atoms with van der Waals surface area (Å²) in [6, 6.07) is 2.52. The second kappa shape index (κ2) is 8.03. The highest BCUT2D eigenvalue weighted by Crippen LogP contribution is 2.36. The van der Waals surface area contributed by atoms with Crippen molar-refractivity contribution in [1.29, 1.82) is 0 Å². The summed E-state index contributed by atoms with van der Waals surface area (Å²) in [5.74, 6) is -0.954. The third kappa shape index (κ3) is 5.32. The number of nitrogens with zero attached hydrogens (tertiary/aromatic N) is 1. The van der Waals surface area contributed by atoms with E-state index < -0.39 is 28.7 Å². The van der Waals surface area contributed by atoms with Gasteiger partial charge in [-0.3, -0.25) is 9.59 Å². The van der Waals surface area contributed by atoms with Gasteiger partial charge in [0.1, 0.15) is 6.04 Å². The van der Waals surface area contributed by atoms with E-state index >= 15 is 0 Å². The predicted molar refractivity (Wildman–Crippen MR) is 85.3 cm³/mol. The maximum absolute atomic E-state index is 12.8. The van der Waals surface area contributed by atoms with Crippen LogP contribution in [0.2, 0.25) is 5.02 Å². The van der Waals surface area contributed by atoms with Gasteiger partial charge < -0.3 is 20.3 Å². The Kier molecular flexibility index (Phi) is 6.26. The van der Waals surface area contributed by atoms with Gasteiger partial charge in [0.2, 0.25) is 11.8 Å². The van der Waals surface area contributed by atoms with Crippen molar-refractivity contribution < 1.29 is 27.5 Å². The lowest BCUT2D eigenvalue weighted by Crippen LogP contribution is -2.52. The van der Waals surface area contributed by atoms with E-state index in [1.54, 1.807) is 0 Å². The van der Waals surface area contributed by atoms with Crippen LogP contribution in [0, 0.1) is 0 Å². The third-order valence-electron chi connectivity index (χ3n) is 3.53. The van der Waals surface area contributed by atoms with Crippen LogP contribution in [-0.4, -0.2) is 56.1 Å². The Morgan fingerprint density at radius 2 is 2.16 bits per heavy atom. The molecule has 1 aliphatic heterocycles. The molecule has 1 heterocycles. The molecule has 25 heavy (non-hydrogen) atoms. The molecule has 1 aromatic rings. The van der Waals surface area contributed by atoms with E-state index in [1.807, 2.05) is 0 Å². The Balaban J connectivity index is 1.96. The maximum atomic E-state index is 12.8. The number of ether oxygens (including phenoxy) is 1. The van der Waals surface area contributed by atoms with Crippen LogP contribution in [0.5, 0.6) is 0 Å². The minimum absolute atomic E-state index is 0.0540. The average molecular weight is 380 g/mol. The summed E-state index contributed by atoms with van der Waals surface area (Å²) < 4.78 is 43.6. The molecule has 6 nitrogen and oxygen atoms in total. The first-order valence-corrected chi connectivity index (χ1v) is 7.79. The van der Waals surface area contributed by atoms with Gasteiger partial charge in [0.15, 0.2) is 0 Å². The molecule has 0 bridgehead atoms. The molecular weight excluding hydrogens is 363 g/mol. The predicted octanol–water partition coefficient (Wildman–Crippen LogP) is 1.74. The Bertz CT molecular complexity index is 649. The van der Waals surface area contributed by atoms with E-state index in [4.69, 9.17) is 16.3 Å². The lowest BCUT2D eigenvalue weighted by molar-refractivity contribution is -0.137. The zero-order valence-corrected chi connectivity index (χ0v) is 14.1. The van der Waals surface area contributed by atoms with Crippen molar-refractivity contribution in [2.75, 3.05) is 38.7 Å². The summed E-state index contributed by atoms with van der Waals surface area (Å²) in [5.41, 5.74) is -1.10. The van der Waals surface area contributed by atoms with Gasteiger partial charge in [-0.25, -0.2) is 0 Å². The lowest BCUT2D eigenvalue weighted by atomic mass is 10.2. The van der Waals surface area contributed by atoms with Crippen LogP contribution < -0.4 is 10.6 Å². The van der Waals surface area contributed by atoms with Crippen LogP contribution in [-0.2, 0) is 20.5 Å². The number of morpholine rings is 1. The van der Waals surface area contributed by atoms with Crippen LogP contribution in [0.4, 0.5) is 18.9 Å². The second-order valence-electron chi connectivity index (χ2n) is 5.52. The molecule has 1 fully saturated rings. The van der Waals surface area contributed by atoms with Crippen molar-refractivity contribution in [3.05, 3.63) is 28.8 Å². The fraction of sp³-hybridized carbons (Fsp3) is 0.467. The Morgan fingerprint density at radius 3 is 2.76 bits per heavy atom. The monoisotopic (exact) mass is 379 g/mol. The van der Waals surface area contributed by atoms with E-state index in [2.05, 4.69) is 10.6 Å². The van der Waals surface area contributed by atoms with E-state index in [0.29, 0.717) is 13.2 Å². The molecule has 0 radical (unpaired) electrons. The lowest BCUT2D eigenvalue weighted by Gasteiger charge is -2.27. The van der Waals surface area contributed by atoms with E-state index in [9.17, 15) is 22.8 Å². The minimum atomic E-state index is -4.63. The standard InChI is InChI=1S/C15H17ClF3N3O3/c1-22(14(24)12-8-25-5-4-20-12)7-13(23)21-9-2-3-11(16)10(6-9)15(17,18)19/h2-3,6,12,20H,4-5,7-8H2,1H3,(H,21,23). The van der Waals surface area contributed by atoms with Crippen molar-refractivity contribution in [3.63, 3.8) is 0 Å². The summed E-state index contributed by atoms with van der Waals surface area (Å²) >= 11 is 5.52. The van der Waals surface area contributed by atoms with E-state index in [0.717, 1.165) is 12.1 Å². The number of hydrogen-bond acceptors (Lipinski definition) is 4. The number of likely N-dealkylation sites (N-methyl/N-ethyl adjacent to an activating group) is 1. The molecule has 2 amide bonds. The normalized spacial score (nSPS) is 17.9. The van der Waals surface area contributed by atoms with Gasteiger partial charge in [0.05, 0.1) is 30.3 Å². The fourth-order valence-corrected chi connectivity index (χ4v) is 2.53. The maximum Gasteiger partial charge on any atom is 0.417 e. The summed E-state index contributed by atoms with van der Waals surface area (Å²) in [6.45, 7) is 0.936. The summed E-state index contributed by atoms with van der Waals surface area (Å²) in [6.07, 6.45) is -4.63. The van der Waals surface area contributed by atoms with Crippen molar-refractivity contribution in [1.82, 2.24) is 10.2 Å². The highest BCUT2D eigenvalue weighted by atomic mass is 35.5. The largest absolute Gasteiger partial charge is 0.417 e. The van der Waals surface area contributed by atoms with Crippen molar-refractivity contribution >= 4 is 29.1 Å². The van der Waals surface area contributed by atoms with Gasteiger partial charge in [0.25, 0.3) is 0 Å². The van der Waals surface area contributed by atoms with Crippen LogP contribution in [0.25, 0.3) is 0 Å². The first kappa shape index (κ1) is 19.5. The van der Waals surface area contributed by atoms with Crippen LogP contribution >= 0.6 is 11.6 Å². The van der Waals surface area contributed by atoms with Crippen molar-refractivity contribution in [2.45, 2.75) is 12.2 Å². The molecular formula is C15H17ClF3N3O3. The van der Waals surface area contributed by atoms with Crippen molar-refractivity contribution in [3.8, 4) is 0 Å². The molecule has 2 N–H and O–H groups in total. The van der Waals surface area contributed by atoms with Crippen LogP contribution in [0.1, 0.15) is 5.56 Å². The minimum Gasteiger partial charge on any atom is -0.378 e. The summed E-state index contributed by atoms with van der Waals surface area (Å²) in [5, 5.41) is 4.84. The first-order chi connectivity index (χ1) is 11.7. The van der Waals surface area contributed by atoms with Gasteiger partial charge in [-0.15, -0.1) is 0 Å². The van der Waals surface area contributed by atoms with Gasteiger partial charge in [-0.1, -0.05) is 11.6 Å². The number of nitrogens with one attached hydrogen (secondary N) is 2. The zero-order valence-electron chi connectivity index (χ0n) is 13.3. The number of carbonyl (C=O) groups is 2. The number of amides is 2. The van der Waals surface area contributed by atoms with E-state index in [1.165, 1.54) is 18.0 Å². The fourth-order valence-electron chi connectivity index (χ4n) is 2.30. The zero-order chi connectivity index (χ0) is 18.6. The molecule has 10 heteroatoms. The van der Waals surface area contributed by atoms with Gasteiger partial charge in [-0.05, 0) is 18.2 Å². The Hall–Kier alpha value is -1.84. The van der Waals surface area contributed by atoms with Crippen LogP contribution in [0.3, 0.4) is 0 Å². The molecule has 1 atom stereocenters. The van der Waals surface area contributed by atoms with Gasteiger partial charge in [-0.2, -0.15) is 13.2 Å². The van der Waals surface area contributed by atoms with Crippen molar-refractivity contribution in [2.24, 2.45) is 0 Å². The molecule has 1 saturated heterocycles. The highest BCUT2D eigenvalue weighted by Gasteiger charge is 2.33. The number of anilines is 1. The SMILES string of the molecule is CN(CC(=O)Nc1ccc(Cl)c(C(F)(F)F)c1)C(=O)C1COCCN1. The van der Waals surface area contributed by atoms with Gasteiger partial charge >= 0.3 is 6.18 Å². The van der Waals surface area contributed by atoms with E-state index in [-0.39, 0.29) is 24.7 Å². The smallest absolute Gasteiger partial charge is 0.378 e. The van der Waals surface area contributed by atoms with Crippen LogP contribution in [0.15, 0.2) is 18.2 Å². The topological polar surface area (TPSA) is 70.7 Å². The van der Waals surface area contributed by atoms with Gasteiger partial charge in [0, 0.05) is 19.3 Å². The number of rotatable bonds is 4. The summed E-state index contributed by atoms with van der Waals surface area (Å²) in [7, 11) is 1.43. The molecule has 2 rings (SSSR count). The second-order valence-corrected chi connectivity index (χ2v) is 5.92. The molecule has 0 aromatic heterocycles. The first-order valence-electron chi connectivity index (χ1n) is 7.41. The number of halogens is 4. The highest BCUT2D eigenvalue weighted by molar-refractivity contribution is 6.31. The number of carbonyl (C=O) groups excluding carboxylic acids is 2. The Morgan fingerprint density at radius 1 is 1.44 bits per heavy atom. The molecule has 1 unspecified atom stereocenters. The quantitative estimate of drug-likeness (QED) is 0.836. The molecule has 0 spiro atoms. The Labute approximate surface area is 147 Å². The number of benzene rings is 1. The average Bonchev–Trinajstić information content (AvgIpc) is 2.55. The molecule has 1 aliphatic rings. The molecule has 1 aromatic carbocycles.